The van der Waals surface area contributed by atoms with Gasteiger partial charge in [0.25, 0.3) is 0 Å². The Labute approximate surface area is 177 Å². The van der Waals surface area contributed by atoms with Crippen molar-refractivity contribution in [3.8, 4) is 11.5 Å². The number of anilines is 2. The summed E-state index contributed by atoms with van der Waals surface area (Å²) in [5.41, 5.74) is 3.12. The van der Waals surface area contributed by atoms with Crippen LogP contribution in [-0.2, 0) is 6.61 Å². The van der Waals surface area contributed by atoms with Crippen molar-refractivity contribution in [2.75, 3.05) is 26.5 Å². The number of hydrogen-bond acceptors (Lipinski definition) is 5. The predicted octanol–water partition coefficient (Wildman–Crippen LogP) is 5.28. The SMILES string of the molecule is COc1ccccc1Nc1ccc(OCc2ccccc2)c(C(=O)C=CN(C)C)c1. The van der Waals surface area contributed by atoms with Crippen LogP contribution in [0.3, 0.4) is 0 Å². The second-order valence-corrected chi connectivity index (χ2v) is 6.95. The summed E-state index contributed by atoms with van der Waals surface area (Å²) in [5, 5.41) is 3.32. The maximum absolute atomic E-state index is 12.9. The molecule has 0 aliphatic rings. The number of nitrogens with one attached hydrogen (secondary N) is 1. The van der Waals surface area contributed by atoms with E-state index in [0.717, 1.165) is 22.7 Å². The van der Waals surface area contributed by atoms with Crippen LogP contribution < -0.4 is 14.8 Å². The van der Waals surface area contributed by atoms with E-state index in [-0.39, 0.29) is 5.78 Å². The summed E-state index contributed by atoms with van der Waals surface area (Å²) in [7, 11) is 5.37. The minimum absolute atomic E-state index is 0.129. The maximum Gasteiger partial charge on any atom is 0.191 e. The number of ketones is 1. The molecule has 0 bridgehead atoms. The molecule has 3 rings (SSSR count). The molecule has 0 radical (unpaired) electrons. The number of para-hydroxylation sites is 2. The molecule has 0 fully saturated rings. The molecule has 0 aliphatic carbocycles. The number of rotatable bonds is 9. The maximum atomic E-state index is 12.9. The normalized spacial score (nSPS) is 10.6. The number of carbonyl (C=O) groups excluding carboxylic acids is 1. The molecular formula is C25H26N2O3. The summed E-state index contributed by atoms with van der Waals surface area (Å²) >= 11 is 0. The van der Waals surface area contributed by atoms with Crippen molar-refractivity contribution >= 4 is 17.2 Å². The van der Waals surface area contributed by atoms with Crippen LogP contribution in [0.15, 0.2) is 85.1 Å². The minimum atomic E-state index is -0.129. The van der Waals surface area contributed by atoms with Crippen LogP contribution in [-0.4, -0.2) is 31.9 Å². The Balaban J connectivity index is 1.89. The number of hydrogen-bond donors (Lipinski definition) is 1. The molecule has 154 valence electrons. The standard InChI is InChI=1S/C25H26N2O3/c1-27(2)16-15-23(28)21-17-20(26-22-11-7-8-12-25(22)29-3)13-14-24(21)30-18-19-9-5-4-6-10-19/h4-17,26H,18H2,1-3H3. The van der Waals surface area contributed by atoms with Crippen LogP contribution >= 0.6 is 0 Å². The molecule has 0 unspecified atom stereocenters. The fourth-order valence-electron chi connectivity index (χ4n) is 2.87. The molecule has 0 aromatic heterocycles. The zero-order chi connectivity index (χ0) is 21.3. The van der Waals surface area contributed by atoms with E-state index in [0.29, 0.717) is 17.9 Å². The Morgan fingerprint density at radius 1 is 0.967 bits per heavy atom. The van der Waals surface area contributed by atoms with Crippen LogP contribution in [0, 0.1) is 0 Å². The van der Waals surface area contributed by atoms with E-state index < -0.39 is 0 Å². The summed E-state index contributed by atoms with van der Waals surface area (Å²) in [6.07, 6.45) is 3.27. The van der Waals surface area contributed by atoms with Crippen LogP contribution in [0.25, 0.3) is 0 Å². The fraction of sp³-hybridized carbons (Fsp3) is 0.160. The second kappa shape index (κ2) is 10.2. The largest absolute Gasteiger partial charge is 0.495 e. The van der Waals surface area contributed by atoms with Crippen molar-refractivity contribution in [1.29, 1.82) is 0 Å². The summed E-state index contributed by atoms with van der Waals surface area (Å²) in [5.74, 6) is 1.13. The number of allylic oxidation sites excluding steroid dienone is 1. The van der Waals surface area contributed by atoms with Crippen molar-refractivity contribution in [3.05, 3.63) is 96.2 Å². The van der Waals surface area contributed by atoms with E-state index in [9.17, 15) is 4.79 Å². The van der Waals surface area contributed by atoms with Crippen LogP contribution in [0.2, 0.25) is 0 Å². The molecule has 3 aromatic rings. The van der Waals surface area contributed by atoms with Crippen molar-refractivity contribution < 1.29 is 14.3 Å². The van der Waals surface area contributed by atoms with Crippen molar-refractivity contribution in [2.24, 2.45) is 0 Å². The number of carbonyl (C=O) groups is 1. The summed E-state index contributed by atoms with van der Waals surface area (Å²) in [6.45, 7) is 0.387. The smallest absolute Gasteiger partial charge is 0.191 e. The highest BCUT2D eigenvalue weighted by atomic mass is 16.5. The lowest BCUT2D eigenvalue weighted by Crippen LogP contribution is -2.06. The number of methoxy groups -OCH3 is 1. The molecule has 5 heteroatoms. The molecule has 0 saturated carbocycles. The van der Waals surface area contributed by atoms with E-state index in [2.05, 4.69) is 5.32 Å². The first-order valence-corrected chi connectivity index (χ1v) is 9.66. The summed E-state index contributed by atoms with van der Waals surface area (Å²) in [6, 6.07) is 23.0. The molecule has 0 spiro atoms. The van der Waals surface area contributed by atoms with Gasteiger partial charge in [-0.25, -0.2) is 0 Å². The molecule has 1 N–H and O–H groups in total. The van der Waals surface area contributed by atoms with Gasteiger partial charge in [-0.2, -0.15) is 0 Å². The highest BCUT2D eigenvalue weighted by Crippen LogP contribution is 2.30. The van der Waals surface area contributed by atoms with Gasteiger partial charge in [-0.1, -0.05) is 42.5 Å². The molecule has 0 atom stereocenters. The van der Waals surface area contributed by atoms with Gasteiger partial charge < -0.3 is 19.7 Å². The van der Waals surface area contributed by atoms with E-state index in [4.69, 9.17) is 9.47 Å². The Morgan fingerprint density at radius 3 is 2.43 bits per heavy atom. The Morgan fingerprint density at radius 2 is 1.70 bits per heavy atom. The minimum Gasteiger partial charge on any atom is -0.495 e. The van der Waals surface area contributed by atoms with Gasteiger partial charge in [0.1, 0.15) is 18.1 Å². The van der Waals surface area contributed by atoms with Crippen LogP contribution in [0.4, 0.5) is 11.4 Å². The first-order chi connectivity index (χ1) is 14.6. The zero-order valence-electron chi connectivity index (χ0n) is 17.5. The summed E-state index contributed by atoms with van der Waals surface area (Å²) < 4.78 is 11.4. The highest BCUT2D eigenvalue weighted by molar-refractivity contribution is 6.07. The van der Waals surface area contributed by atoms with Crippen molar-refractivity contribution in [1.82, 2.24) is 4.90 Å². The monoisotopic (exact) mass is 402 g/mol. The Hall–Kier alpha value is -3.73. The number of benzene rings is 3. The average Bonchev–Trinajstić information content (AvgIpc) is 2.77. The third-order valence-electron chi connectivity index (χ3n) is 4.39. The van der Waals surface area contributed by atoms with Gasteiger partial charge in [-0.05, 0) is 35.9 Å². The topological polar surface area (TPSA) is 50.8 Å². The number of nitrogens with zero attached hydrogens (tertiary/aromatic N) is 1. The Bertz CT molecular complexity index is 1010. The van der Waals surface area contributed by atoms with Gasteiger partial charge in [0, 0.05) is 32.1 Å². The van der Waals surface area contributed by atoms with E-state index in [1.807, 2.05) is 85.7 Å². The Kier molecular flexibility index (Phi) is 7.11. The van der Waals surface area contributed by atoms with Crippen molar-refractivity contribution in [3.63, 3.8) is 0 Å². The lowest BCUT2D eigenvalue weighted by atomic mass is 10.1. The average molecular weight is 402 g/mol. The second-order valence-electron chi connectivity index (χ2n) is 6.95. The molecule has 30 heavy (non-hydrogen) atoms. The number of ether oxygens (including phenoxy) is 2. The molecular weight excluding hydrogens is 376 g/mol. The molecule has 0 aliphatic heterocycles. The van der Waals surface area contributed by atoms with Crippen LogP contribution in [0.1, 0.15) is 15.9 Å². The predicted molar refractivity (Wildman–Crippen MR) is 121 cm³/mol. The first-order valence-electron chi connectivity index (χ1n) is 9.66. The van der Waals surface area contributed by atoms with Gasteiger partial charge >= 0.3 is 0 Å². The van der Waals surface area contributed by atoms with Crippen LogP contribution in [0.5, 0.6) is 11.5 Å². The lowest BCUT2D eigenvalue weighted by molar-refractivity contribution is 0.104. The van der Waals surface area contributed by atoms with Gasteiger partial charge in [-0.3, -0.25) is 4.79 Å². The molecule has 0 saturated heterocycles. The van der Waals surface area contributed by atoms with Gasteiger partial charge in [-0.15, -0.1) is 0 Å². The molecule has 0 amide bonds. The summed E-state index contributed by atoms with van der Waals surface area (Å²) in [4.78, 5) is 14.7. The third-order valence-corrected chi connectivity index (χ3v) is 4.39. The van der Waals surface area contributed by atoms with Gasteiger partial charge in [0.15, 0.2) is 5.78 Å². The lowest BCUT2D eigenvalue weighted by Gasteiger charge is -2.15. The van der Waals surface area contributed by atoms with Gasteiger partial charge in [0.2, 0.25) is 0 Å². The molecule has 5 nitrogen and oxygen atoms in total. The van der Waals surface area contributed by atoms with E-state index >= 15 is 0 Å². The molecule has 0 heterocycles. The van der Waals surface area contributed by atoms with E-state index in [1.165, 1.54) is 6.08 Å². The quantitative estimate of drug-likeness (QED) is 0.390. The third kappa shape index (κ3) is 5.64. The first kappa shape index (κ1) is 21.0. The van der Waals surface area contributed by atoms with Crippen molar-refractivity contribution in [2.45, 2.75) is 6.61 Å². The van der Waals surface area contributed by atoms with E-state index in [1.54, 1.807) is 19.4 Å². The highest BCUT2D eigenvalue weighted by Gasteiger charge is 2.13. The van der Waals surface area contributed by atoms with Gasteiger partial charge in [0.05, 0.1) is 18.4 Å². The fourth-order valence-corrected chi connectivity index (χ4v) is 2.87. The zero-order valence-corrected chi connectivity index (χ0v) is 17.5. The molecule has 3 aromatic carbocycles.